The molecule has 5 heteroatoms. The Hall–Kier alpha value is -0.600. The van der Waals surface area contributed by atoms with E-state index in [9.17, 15) is 4.57 Å². The monoisotopic (exact) mass is 201 g/mol. The summed E-state index contributed by atoms with van der Waals surface area (Å²) in [6, 6.07) is 0.258. The number of hydrogen-bond acceptors (Lipinski definition) is 4. The topological polar surface area (TPSA) is 51.0 Å². The molecule has 0 amide bonds. The Morgan fingerprint density at radius 2 is 2.54 bits per heavy atom. The number of aliphatic imine (C=N–C) groups is 2. The normalized spacial score (nSPS) is 22.8. The van der Waals surface area contributed by atoms with Crippen molar-refractivity contribution in [2.45, 2.75) is 19.9 Å². The third kappa shape index (κ3) is 3.75. The zero-order valence-corrected chi connectivity index (χ0v) is 8.83. The standard InChI is InChI=1S/C8H14N2O2P/c1-3-12-13(11)6-8-5-9-7(2)4-10-8/h5,7H,3-4,6H2,1-2H3/q+1. The van der Waals surface area contributed by atoms with Gasteiger partial charge < -0.3 is 0 Å². The SMILES string of the molecule is CCO[P+](=O)CC1=NCC(C)N=C1. The van der Waals surface area contributed by atoms with Gasteiger partial charge >= 0.3 is 8.03 Å². The predicted octanol–water partition coefficient (Wildman–Crippen LogP) is 1.68. The molecular formula is C8H14N2O2P+. The van der Waals surface area contributed by atoms with Crippen LogP contribution in [0.1, 0.15) is 13.8 Å². The average molecular weight is 201 g/mol. The minimum atomic E-state index is -1.59. The van der Waals surface area contributed by atoms with Crippen molar-refractivity contribution >= 4 is 20.0 Å². The zero-order valence-electron chi connectivity index (χ0n) is 7.93. The number of nitrogens with zero attached hydrogens (tertiary/aromatic N) is 2. The molecule has 0 radical (unpaired) electrons. The first-order chi connectivity index (χ1) is 6.22. The lowest BCUT2D eigenvalue weighted by Crippen LogP contribution is -2.17. The van der Waals surface area contributed by atoms with E-state index in [0.717, 1.165) is 5.71 Å². The second-order valence-corrected chi connectivity index (χ2v) is 4.11. The van der Waals surface area contributed by atoms with E-state index in [4.69, 9.17) is 4.52 Å². The fourth-order valence-corrected chi connectivity index (χ4v) is 1.79. The molecule has 0 N–H and O–H groups in total. The van der Waals surface area contributed by atoms with Gasteiger partial charge in [-0.15, -0.1) is 4.52 Å². The molecule has 0 aromatic rings. The third-order valence-corrected chi connectivity index (χ3v) is 2.73. The fraction of sp³-hybridized carbons (Fsp3) is 0.750. The molecule has 0 aliphatic carbocycles. The summed E-state index contributed by atoms with van der Waals surface area (Å²) in [4.78, 5) is 8.42. The van der Waals surface area contributed by atoms with Gasteiger partial charge in [0.05, 0.1) is 19.2 Å². The van der Waals surface area contributed by atoms with Crippen LogP contribution in [0, 0.1) is 0 Å². The summed E-state index contributed by atoms with van der Waals surface area (Å²) < 4.78 is 16.1. The first-order valence-corrected chi connectivity index (χ1v) is 5.72. The van der Waals surface area contributed by atoms with E-state index in [2.05, 4.69) is 9.98 Å². The lowest BCUT2D eigenvalue weighted by atomic mass is 10.3. The highest BCUT2D eigenvalue weighted by Gasteiger charge is 2.20. The molecule has 1 aliphatic rings. The van der Waals surface area contributed by atoms with Crippen molar-refractivity contribution in [3.63, 3.8) is 0 Å². The Bertz CT molecular complexity index is 251. The summed E-state index contributed by atoms with van der Waals surface area (Å²) in [5.74, 6) is 0. The quantitative estimate of drug-likeness (QED) is 0.650. The molecular weight excluding hydrogens is 187 g/mol. The van der Waals surface area contributed by atoms with Crippen LogP contribution < -0.4 is 0 Å². The van der Waals surface area contributed by atoms with Gasteiger partial charge in [-0.1, -0.05) is 0 Å². The first kappa shape index (κ1) is 10.5. The van der Waals surface area contributed by atoms with Crippen molar-refractivity contribution in [3.05, 3.63) is 0 Å². The van der Waals surface area contributed by atoms with Crippen LogP contribution in [-0.2, 0) is 9.09 Å². The van der Waals surface area contributed by atoms with Gasteiger partial charge in [0, 0.05) is 6.21 Å². The molecule has 2 atom stereocenters. The van der Waals surface area contributed by atoms with Gasteiger partial charge in [-0.2, -0.15) is 0 Å². The summed E-state index contributed by atoms with van der Waals surface area (Å²) in [6.45, 7) is 5.00. The van der Waals surface area contributed by atoms with Crippen LogP contribution in [0.4, 0.5) is 0 Å². The van der Waals surface area contributed by atoms with Crippen LogP contribution in [0.5, 0.6) is 0 Å². The van der Waals surface area contributed by atoms with Crippen molar-refractivity contribution in [2.75, 3.05) is 19.3 Å². The molecule has 72 valence electrons. The molecule has 1 heterocycles. The van der Waals surface area contributed by atoms with Crippen molar-refractivity contribution in [1.29, 1.82) is 0 Å². The molecule has 0 aromatic carbocycles. The molecule has 0 saturated heterocycles. The summed E-state index contributed by atoms with van der Waals surface area (Å²) in [5.41, 5.74) is 0.785. The Kier molecular flexibility index (Phi) is 4.19. The molecule has 4 nitrogen and oxygen atoms in total. The zero-order chi connectivity index (χ0) is 9.68. The van der Waals surface area contributed by atoms with Crippen molar-refractivity contribution in [2.24, 2.45) is 9.98 Å². The lowest BCUT2D eigenvalue weighted by molar-refractivity contribution is 0.353. The summed E-state index contributed by atoms with van der Waals surface area (Å²) in [7, 11) is -1.59. The molecule has 1 aliphatic heterocycles. The highest BCUT2D eigenvalue weighted by Crippen LogP contribution is 2.21. The van der Waals surface area contributed by atoms with Crippen LogP contribution in [0.15, 0.2) is 9.98 Å². The van der Waals surface area contributed by atoms with Crippen LogP contribution in [0.2, 0.25) is 0 Å². The Morgan fingerprint density at radius 3 is 3.08 bits per heavy atom. The van der Waals surface area contributed by atoms with Gasteiger partial charge in [0.1, 0.15) is 5.71 Å². The molecule has 13 heavy (non-hydrogen) atoms. The van der Waals surface area contributed by atoms with E-state index in [1.54, 1.807) is 6.21 Å². The van der Waals surface area contributed by atoms with E-state index < -0.39 is 8.03 Å². The minimum absolute atomic E-state index is 0.258. The number of hydrogen-bond donors (Lipinski definition) is 0. The van der Waals surface area contributed by atoms with Crippen LogP contribution >= 0.6 is 8.03 Å². The number of rotatable bonds is 4. The van der Waals surface area contributed by atoms with E-state index in [-0.39, 0.29) is 6.04 Å². The first-order valence-electron chi connectivity index (χ1n) is 4.36. The summed E-state index contributed by atoms with van der Waals surface area (Å²) >= 11 is 0. The molecule has 0 fully saturated rings. The maximum Gasteiger partial charge on any atom is 0.514 e. The Morgan fingerprint density at radius 1 is 1.77 bits per heavy atom. The van der Waals surface area contributed by atoms with Gasteiger partial charge in [-0.25, -0.2) is 0 Å². The summed E-state index contributed by atoms with van der Waals surface area (Å²) in [5, 5.41) is 0. The van der Waals surface area contributed by atoms with Crippen LogP contribution in [0.25, 0.3) is 0 Å². The highest BCUT2D eigenvalue weighted by atomic mass is 31.1. The molecule has 0 spiro atoms. The minimum Gasteiger partial charge on any atom is -0.286 e. The predicted molar refractivity (Wildman–Crippen MR) is 54.4 cm³/mol. The van der Waals surface area contributed by atoms with Crippen molar-refractivity contribution < 1.29 is 9.09 Å². The van der Waals surface area contributed by atoms with Crippen LogP contribution in [0.3, 0.4) is 0 Å². The molecule has 1 rings (SSSR count). The Balaban J connectivity index is 2.38. The van der Waals surface area contributed by atoms with Crippen molar-refractivity contribution in [3.8, 4) is 0 Å². The Labute approximate surface area is 79.0 Å². The average Bonchev–Trinajstić information content (AvgIpc) is 2.09. The highest BCUT2D eigenvalue weighted by molar-refractivity contribution is 7.40. The van der Waals surface area contributed by atoms with E-state index in [0.29, 0.717) is 19.3 Å². The fourth-order valence-electron chi connectivity index (χ4n) is 0.963. The van der Waals surface area contributed by atoms with Gasteiger partial charge in [0.25, 0.3) is 0 Å². The van der Waals surface area contributed by atoms with Gasteiger partial charge in [-0.05, 0) is 18.4 Å². The lowest BCUT2D eigenvalue weighted by Gasteiger charge is -2.06. The smallest absolute Gasteiger partial charge is 0.286 e. The largest absolute Gasteiger partial charge is 0.514 e. The molecule has 2 unspecified atom stereocenters. The van der Waals surface area contributed by atoms with E-state index in [1.165, 1.54) is 0 Å². The maximum absolute atomic E-state index is 11.2. The second-order valence-electron chi connectivity index (χ2n) is 2.87. The van der Waals surface area contributed by atoms with E-state index >= 15 is 0 Å². The van der Waals surface area contributed by atoms with Crippen molar-refractivity contribution in [1.82, 2.24) is 0 Å². The van der Waals surface area contributed by atoms with Gasteiger partial charge in [0.15, 0.2) is 0 Å². The third-order valence-electron chi connectivity index (χ3n) is 1.60. The molecule has 0 aromatic heterocycles. The molecule has 0 bridgehead atoms. The van der Waals surface area contributed by atoms with Gasteiger partial charge in [0.2, 0.25) is 6.16 Å². The maximum atomic E-state index is 11.2. The van der Waals surface area contributed by atoms with Gasteiger partial charge in [-0.3, -0.25) is 9.98 Å². The van der Waals surface area contributed by atoms with Crippen LogP contribution in [-0.4, -0.2) is 37.3 Å². The molecule has 0 saturated carbocycles. The summed E-state index contributed by atoms with van der Waals surface area (Å²) in [6.07, 6.45) is 2.08. The van der Waals surface area contributed by atoms with E-state index in [1.807, 2.05) is 13.8 Å². The second kappa shape index (κ2) is 5.20.